The average molecular weight is 151 g/mol. The van der Waals surface area contributed by atoms with Crippen LogP contribution in [0, 0.1) is 5.82 Å². The Kier molecular flexibility index (Phi) is 1.28. The molecule has 11 heavy (non-hydrogen) atoms. The van der Waals surface area contributed by atoms with Crippen LogP contribution in [-0.2, 0) is 0 Å². The summed E-state index contributed by atoms with van der Waals surface area (Å²) < 4.78 is 12.9. The molecule has 0 amide bonds. The van der Waals surface area contributed by atoms with Crippen LogP contribution < -0.4 is 10.3 Å². The second-order valence-corrected chi connectivity index (χ2v) is 2.21. The molecule has 1 aromatic rings. The number of hydrogen-bond acceptors (Lipinski definition) is 2. The maximum Gasteiger partial charge on any atom is 0.197 e. The Balaban J connectivity index is 2.60. The maximum absolute atomic E-state index is 12.9. The van der Waals surface area contributed by atoms with Crippen LogP contribution in [0.15, 0.2) is 24.4 Å². The summed E-state index contributed by atoms with van der Waals surface area (Å²) in [5.74, 6) is -0.0886. The maximum atomic E-state index is 12.9. The number of fused-ring (bicyclic) bond motifs is 1. The Morgan fingerprint density at radius 1 is 1.36 bits per heavy atom. The minimum atomic E-state index is -0.348. The standard InChI is InChI=1S/C8H6FNO/c9-7-3-1-2-6-4-5-10-11-8(6)7/h1-5,10H. The normalized spacial score (nSPS) is 13.2. The topological polar surface area (TPSA) is 21.3 Å². The predicted octanol–water partition coefficient (Wildman–Crippen LogP) is 1.69. The number of rotatable bonds is 0. The second kappa shape index (κ2) is 2.27. The van der Waals surface area contributed by atoms with Crippen molar-refractivity contribution < 1.29 is 9.23 Å². The molecule has 3 heteroatoms. The molecule has 0 fully saturated rings. The van der Waals surface area contributed by atoms with Crippen molar-refractivity contribution in [2.45, 2.75) is 0 Å². The summed E-state index contributed by atoms with van der Waals surface area (Å²) >= 11 is 0. The highest BCUT2D eigenvalue weighted by atomic mass is 19.1. The Hall–Kier alpha value is -1.51. The monoisotopic (exact) mass is 151 g/mol. The van der Waals surface area contributed by atoms with Gasteiger partial charge in [0.25, 0.3) is 0 Å². The van der Waals surface area contributed by atoms with Crippen molar-refractivity contribution in [1.82, 2.24) is 5.48 Å². The first-order valence-electron chi connectivity index (χ1n) is 3.25. The number of hydrogen-bond donors (Lipinski definition) is 1. The van der Waals surface area contributed by atoms with E-state index < -0.39 is 0 Å². The van der Waals surface area contributed by atoms with E-state index in [4.69, 9.17) is 4.84 Å². The number of hydroxylamine groups is 1. The molecule has 0 atom stereocenters. The third-order valence-corrected chi connectivity index (χ3v) is 1.49. The predicted molar refractivity (Wildman–Crippen MR) is 39.2 cm³/mol. The molecule has 1 aromatic carbocycles. The number of benzene rings is 1. The lowest BCUT2D eigenvalue weighted by Crippen LogP contribution is -2.15. The fourth-order valence-electron chi connectivity index (χ4n) is 0.981. The molecule has 0 bridgehead atoms. The van der Waals surface area contributed by atoms with Crippen molar-refractivity contribution in [1.29, 1.82) is 0 Å². The highest BCUT2D eigenvalue weighted by Crippen LogP contribution is 2.24. The Labute approximate surface area is 63.2 Å². The first-order chi connectivity index (χ1) is 5.38. The van der Waals surface area contributed by atoms with Crippen molar-refractivity contribution in [2.75, 3.05) is 0 Å². The zero-order valence-electron chi connectivity index (χ0n) is 5.67. The van der Waals surface area contributed by atoms with Gasteiger partial charge < -0.3 is 4.84 Å². The van der Waals surface area contributed by atoms with Gasteiger partial charge in [-0.3, -0.25) is 0 Å². The molecule has 56 valence electrons. The molecule has 2 rings (SSSR count). The van der Waals surface area contributed by atoms with Gasteiger partial charge >= 0.3 is 0 Å². The molecule has 0 unspecified atom stereocenters. The van der Waals surface area contributed by atoms with Crippen LogP contribution in [0.4, 0.5) is 4.39 Å². The molecule has 0 saturated carbocycles. The zero-order chi connectivity index (χ0) is 7.68. The smallest absolute Gasteiger partial charge is 0.197 e. The van der Waals surface area contributed by atoms with Gasteiger partial charge in [-0.15, -0.1) is 0 Å². The number of para-hydroxylation sites is 1. The van der Waals surface area contributed by atoms with E-state index in [9.17, 15) is 4.39 Å². The molecule has 0 spiro atoms. The fraction of sp³-hybridized carbons (Fsp3) is 0. The van der Waals surface area contributed by atoms with Gasteiger partial charge in [0.15, 0.2) is 11.6 Å². The lowest BCUT2D eigenvalue weighted by Gasteiger charge is -2.12. The average Bonchev–Trinajstić information content (AvgIpc) is 2.06. The van der Waals surface area contributed by atoms with Gasteiger partial charge in [0, 0.05) is 11.8 Å². The van der Waals surface area contributed by atoms with Crippen LogP contribution in [0.5, 0.6) is 5.75 Å². The molecule has 0 radical (unpaired) electrons. The SMILES string of the molecule is Fc1cccc2c1ONC=C2. The number of nitrogens with one attached hydrogen (secondary N) is 1. The highest BCUT2D eigenvalue weighted by molar-refractivity contribution is 5.58. The van der Waals surface area contributed by atoms with E-state index in [1.54, 1.807) is 24.4 Å². The van der Waals surface area contributed by atoms with Crippen molar-refractivity contribution in [3.63, 3.8) is 0 Å². The van der Waals surface area contributed by atoms with Crippen molar-refractivity contribution in [3.05, 3.63) is 35.8 Å². The van der Waals surface area contributed by atoms with Crippen molar-refractivity contribution >= 4 is 6.08 Å². The van der Waals surface area contributed by atoms with E-state index in [0.717, 1.165) is 5.56 Å². The largest absolute Gasteiger partial charge is 0.379 e. The van der Waals surface area contributed by atoms with E-state index in [1.165, 1.54) is 6.07 Å². The summed E-state index contributed by atoms with van der Waals surface area (Å²) in [6, 6.07) is 4.79. The molecule has 0 aromatic heterocycles. The lowest BCUT2D eigenvalue weighted by atomic mass is 10.2. The Morgan fingerprint density at radius 3 is 3.09 bits per heavy atom. The molecular formula is C8H6FNO. The van der Waals surface area contributed by atoms with Gasteiger partial charge in [0.2, 0.25) is 0 Å². The molecule has 1 N–H and O–H groups in total. The first kappa shape index (κ1) is 6.22. The van der Waals surface area contributed by atoms with E-state index in [2.05, 4.69) is 5.48 Å². The van der Waals surface area contributed by atoms with Gasteiger partial charge in [-0.2, -0.15) is 0 Å². The third kappa shape index (κ3) is 0.941. The zero-order valence-corrected chi connectivity index (χ0v) is 5.67. The van der Waals surface area contributed by atoms with Gasteiger partial charge in [0.1, 0.15) is 0 Å². The summed E-state index contributed by atoms with van der Waals surface area (Å²) in [6.45, 7) is 0. The van der Waals surface area contributed by atoms with Crippen LogP contribution in [0.3, 0.4) is 0 Å². The van der Waals surface area contributed by atoms with Gasteiger partial charge in [-0.25, -0.2) is 9.87 Å². The van der Waals surface area contributed by atoms with E-state index in [-0.39, 0.29) is 11.6 Å². The molecule has 2 nitrogen and oxygen atoms in total. The lowest BCUT2D eigenvalue weighted by molar-refractivity contribution is 0.227. The summed E-state index contributed by atoms with van der Waals surface area (Å²) in [6.07, 6.45) is 3.36. The van der Waals surface area contributed by atoms with E-state index in [0.29, 0.717) is 0 Å². The molecular weight excluding hydrogens is 145 g/mol. The minimum Gasteiger partial charge on any atom is -0.379 e. The van der Waals surface area contributed by atoms with Crippen LogP contribution in [0.25, 0.3) is 6.08 Å². The molecule has 1 aliphatic rings. The van der Waals surface area contributed by atoms with Gasteiger partial charge in [-0.1, -0.05) is 12.1 Å². The summed E-state index contributed by atoms with van der Waals surface area (Å²) in [5.41, 5.74) is 3.21. The quantitative estimate of drug-likeness (QED) is 0.609. The summed E-state index contributed by atoms with van der Waals surface area (Å²) in [4.78, 5) is 4.84. The fourth-order valence-corrected chi connectivity index (χ4v) is 0.981. The molecule has 1 aliphatic heterocycles. The van der Waals surface area contributed by atoms with Crippen LogP contribution in [-0.4, -0.2) is 0 Å². The molecule has 1 heterocycles. The van der Waals surface area contributed by atoms with E-state index in [1.807, 2.05) is 0 Å². The van der Waals surface area contributed by atoms with Crippen molar-refractivity contribution in [3.8, 4) is 5.75 Å². The van der Waals surface area contributed by atoms with Gasteiger partial charge in [-0.05, 0) is 12.1 Å². The van der Waals surface area contributed by atoms with E-state index >= 15 is 0 Å². The molecule has 0 aliphatic carbocycles. The summed E-state index contributed by atoms with van der Waals surface area (Å²) in [5, 5.41) is 0. The second-order valence-electron chi connectivity index (χ2n) is 2.21. The Morgan fingerprint density at radius 2 is 2.27 bits per heavy atom. The minimum absolute atomic E-state index is 0.259. The third-order valence-electron chi connectivity index (χ3n) is 1.49. The Bertz CT molecular complexity index is 309. The summed E-state index contributed by atoms with van der Waals surface area (Å²) in [7, 11) is 0. The molecule has 0 saturated heterocycles. The number of halogens is 1. The van der Waals surface area contributed by atoms with Crippen LogP contribution in [0.2, 0.25) is 0 Å². The highest BCUT2D eigenvalue weighted by Gasteiger charge is 2.09. The van der Waals surface area contributed by atoms with Crippen molar-refractivity contribution in [2.24, 2.45) is 0 Å². The van der Waals surface area contributed by atoms with Gasteiger partial charge in [0.05, 0.1) is 0 Å². The first-order valence-corrected chi connectivity index (χ1v) is 3.25. The van der Waals surface area contributed by atoms with Crippen LogP contribution >= 0.6 is 0 Å². The van der Waals surface area contributed by atoms with Crippen LogP contribution in [0.1, 0.15) is 5.56 Å².